The number of carboxylic acid groups (broad SMARTS) is 1. The molecule has 0 saturated carbocycles. The van der Waals surface area contributed by atoms with Gasteiger partial charge in [-0.05, 0) is 72.8 Å². The van der Waals surface area contributed by atoms with Gasteiger partial charge in [-0.3, -0.25) is 9.80 Å². The van der Waals surface area contributed by atoms with Gasteiger partial charge in [-0.1, -0.05) is 48.5 Å². The summed E-state index contributed by atoms with van der Waals surface area (Å²) in [6, 6.07) is 20.5. The molecule has 0 spiro atoms. The minimum absolute atomic E-state index is 0.166. The zero-order valence-electron chi connectivity index (χ0n) is 19.3. The van der Waals surface area contributed by atoms with Crippen LogP contribution in [0.4, 0.5) is 14.9 Å². The number of aromatic carboxylic acids is 1. The van der Waals surface area contributed by atoms with Crippen LogP contribution < -0.4 is 4.90 Å². The Labute approximate surface area is 203 Å². The number of amides is 1. The number of carbonyl (C=O) groups is 2. The third kappa shape index (κ3) is 5.05. The Bertz CT molecular complexity index is 1200. The largest absolute Gasteiger partial charge is 0.478 e. The van der Waals surface area contributed by atoms with E-state index in [2.05, 4.69) is 4.90 Å². The number of hydrogen-bond acceptors (Lipinski definition) is 4. The molecule has 1 atom stereocenters. The Morgan fingerprint density at radius 2 is 1.57 bits per heavy atom. The number of rotatable bonds is 6. The fourth-order valence-corrected chi connectivity index (χ4v) is 4.95. The highest BCUT2D eigenvalue weighted by Gasteiger charge is 2.37. The van der Waals surface area contributed by atoms with Crippen LogP contribution in [0.5, 0.6) is 0 Å². The second-order valence-electron chi connectivity index (χ2n) is 9.18. The van der Waals surface area contributed by atoms with Gasteiger partial charge in [0.05, 0.1) is 17.8 Å². The van der Waals surface area contributed by atoms with E-state index >= 15 is 0 Å². The van der Waals surface area contributed by atoms with Gasteiger partial charge in [0.2, 0.25) is 0 Å². The first-order valence-corrected chi connectivity index (χ1v) is 11.9. The van der Waals surface area contributed by atoms with Gasteiger partial charge in [-0.25, -0.2) is 14.0 Å². The molecular weight excluding hydrogens is 447 g/mol. The highest BCUT2D eigenvalue weighted by molar-refractivity contribution is 5.89. The maximum absolute atomic E-state index is 14.7. The third-order valence-electron chi connectivity index (χ3n) is 6.97. The molecule has 3 aliphatic heterocycles. The fourth-order valence-electron chi connectivity index (χ4n) is 4.95. The predicted octanol–water partition coefficient (Wildman–Crippen LogP) is 5.43. The molecule has 3 aliphatic rings. The molecule has 3 heterocycles. The Kier molecular flexibility index (Phi) is 6.51. The van der Waals surface area contributed by atoms with Crippen LogP contribution in [0, 0.1) is 11.7 Å². The lowest BCUT2D eigenvalue weighted by atomic mass is 9.86. The van der Waals surface area contributed by atoms with Crippen LogP contribution >= 0.6 is 0 Å². The molecule has 0 unspecified atom stereocenters. The summed E-state index contributed by atoms with van der Waals surface area (Å²) < 4.78 is 20.6. The van der Waals surface area contributed by atoms with Crippen LogP contribution in [-0.2, 0) is 11.3 Å². The maximum Gasteiger partial charge on any atom is 0.415 e. The van der Waals surface area contributed by atoms with Crippen LogP contribution in [0.3, 0.4) is 0 Å². The summed E-state index contributed by atoms with van der Waals surface area (Å²) in [6.07, 6.45) is 1.33. The van der Waals surface area contributed by atoms with Crippen molar-refractivity contribution in [1.82, 2.24) is 4.90 Å². The number of fused-ring (bicyclic) bond motifs is 3. The van der Waals surface area contributed by atoms with Gasteiger partial charge in [0.1, 0.15) is 11.9 Å². The molecule has 3 fully saturated rings. The summed E-state index contributed by atoms with van der Waals surface area (Å²) >= 11 is 0. The first kappa shape index (κ1) is 23.1. The molecule has 6 nitrogen and oxygen atoms in total. The number of nitrogens with zero attached hydrogens (tertiary/aromatic N) is 2. The average molecular weight is 475 g/mol. The average Bonchev–Trinajstić information content (AvgIpc) is 2.89. The molecule has 1 N–H and O–H groups in total. The molecular formula is C28H27FN2O4. The zero-order chi connectivity index (χ0) is 24.4. The Morgan fingerprint density at radius 1 is 0.943 bits per heavy atom. The van der Waals surface area contributed by atoms with Gasteiger partial charge in [0.25, 0.3) is 0 Å². The Balaban J connectivity index is 1.35. The van der Waals surface area contributed by atoms with Crippen molar-refractivity contribution in [1.29, 1.82) is 0 Å². The maximum atomic E-state index is 14.7. The molecule has 1 amide bonds. The van der Waals surface area contributed by atoms with E-state index in [0.717, 1.165) is 49.2 Å². The summed E-state index contributed by atoms with van der Waals surface area (Å²) in [5, 5.41) is 9.09. The van der Waals surface area contributed by atoms with Crippen LogP contribution in [-0.4, -0.2) is 47.8 Å². The van der Waals surface area contributed by atoms with E-state index in [9.17, 15) is 14.0 Å². The second-order valence-corrected chi connectivity index (χ2v) is 9.18. The molecule has 3 saturated heterocycles. The molecule has 2 bridgehead atoms. The molecule has 0 aromatic heterocycles. The molecule has 7 heteroatoms. The van der Waals surface area contributed by atoms with E-state index < -0.39 is 17.9 Å². The number of benzene rings is 3. The summed E-state index contributed by atoms with van der Waals surface area (Å²) in [7, 11) is 0. The van der Waals surface area contributed by atoms with Gasteiger partial charge in [0, 0.05) is 6.54 Å². The molecule has 0 radical (unpaired) electrons. The number of hydrogen-bond donors (Lipinski definition) is 1. The van der Waals surface area contributed by atoms with Gasteiger partial charge >= 0.3 is 12.1 Å². The van der Waals surface area contributed by atoms with Crippen LogP contribution in [0.1, 0.15) is 28.8 Å². The van der Waals surface area contributed by atoms with Crippen molar-refractivity contribution in [3.63, 3.8) is 0 Å². The molecule has 3 aromatic rings. The zero-order valence-corrected chi connectivity index (χ0v) is 19.3. The highest BCUT2D eigenvalue weighted by atomic mass is 19.1. The van der Waals surface area contributed by atoms with Crippen LogP contribution in [0.2, 0.25) is 0 Å². The molecule has 180 valence electrons. The quantitative estimate of drug-likeness (QED) is 0.516. The third-order valence-corrected chi connectivity index (χ3v) is 6.97. The molecule has 0 aliphatic carbocycles. The minimum Gasteiger partial charge on any atom is -0.478 e. The SMILES string of the molecule is O=C(O)c1ccc(-c2ccc(CN(C(=O)O[C@H]3CN4CCC3CC4)c3ccccc3F)cc2)cc1. The van der Waals surface area contributed by atoms with Crippen LogP contribution in [0.25, 0.3) is 11.1 Å². The van der Waals surface area contributed by atoms with Crippen molar-refractivity contribution in [3.05, 3.63) is 89.7 Å². The summed E-state index contributed by atoms with van der Waals surface area (Å²) in [5.41, 5.74) is 3.04. The standard InChI is InChI=1S/C28H27FN2O4/c29-24-3-1-2-4-25(24)31(28(34)35-26-18-30-15-13-22(26)14-16-30)17-19-5-7-20(8-6-19)21-9-11-23(12-10-21)27(32)33/h1-12,22,26H,13-18H2,(H,32,33)/t26-/m0/s1. The van der Waals surface area contributed by atoms with Crippen molar-refractivity contribution in [2.75, 3.05) is 24.5 Å². The number of carbonyl (C=O) groups excluding carboxylic acids is 1. The van der Waals surface area contributed by atoms with Gasteiger partial charge in [0.15, 0.2) is 0 Å². The molecule has 35 heavy (non-hydrogen) atoms. The molecule has 3 aromatic carbocycles. The summed E-state index contributed by atoms with van der Waals surface area (Å²) in [4.78, 5) is 28.1. The smallest absolute Gasteiger partial charge is 0.415 e. The van der Waals surface area contributed by atoms with Gasteiger partial charge in [-0.2, -0.15) is 0 Å². The van der Waals surface area contributed by atoms with E-state index in [1.807, 2.05) is 24.3 Å². The number of piperidine rings is 3. The number of ether oxygens (including phenoxy) is 1. The topological polar surface area (TPSA) is 70.1 Å². The summed E-state index contributed by atoms with van der Waals surface area (Å²) in [5.74, 6) is -1.09. The Morgan fingerprint density at radius 3 is 2.14 bits per heavy atom. The number of anilines is 1. The number of carboxylic acids is 1. The minimum atomic E-state index is -0.967. The lowest BCUT2D eigenvalue weighted by Gasteiger charge is -2.44. The predicted molar refractivity (Wildman–Crippen MR) is 131 cm³/mol. The van der Waals surface area contributed by atoms with Crippen molar-refractivity contribution in [3.8, 4) is 11.1 Å². The lowest BCUT2D eigenvalue weighted by Crippen LogP contribution is -2.53. The van der Waals surface area contributed by atoms with Crippen molar-refractivity contribution < 1.29 is 23.8 Å². The first-order valence-electron chi connectivity index (χ1n) is 11.9. The van der Waals surface area contributed by atoms with Crippen molar-refractivity contribution in [2.45, 2.75) is 25.5 Å². The van der Waals surface area contributed by atoms with Gasteiger partial charge in [-0.15, -0.1) is 0 Å². The summed E-state index contributed by atoms with van der Waals surface area (Å²) in [6.45, 7) is 2.98. The first-order chi connectivity index (χ1) is 17.0. The van der Waals surface area contributed by atoms with Crippen molar-refractivity contribution >= 4 is 17.7 Å². The van der Waals surface area contributed by atoms with Crippen molar-refractivity contribution in [2.24, 2.45) is 5.92 Å². The van der Waals surface area contributed by atoms with E-state index in [1.165, 1.54) is 11.0 Å². The number of para-hydroxylation sites is 1. The second kappa shape index (κ2) is 9.88. The van der Waals surface area contributed by atoms with E-state index in [0.29, 0.717) is 5.92 Å². The van der Waals surface area contributed by atoms with E-state index in [1.54, 1.807) is 42.5 Å². The van der Waals surface area contributed by atoms with E-state index in [-0.39, 0.29) is 23.9 Å². The van der Waals surface area contributed by atoms with Gasteiger partial charge < -0.3 is 9.84 Å². The monoisotopic (exact) mass is 474 g/mol. The lowest BCUT2D eigenvalue weighted by molar-refractivity contribution is -0.0311. The fraction of sp³-hybridized carbons (Fsp3) is 0.286. The van der Waals surface area contributed by atoms with E-state index in [4.69, 9.17) is 9.84 Å². The highest BCUT2D eigenvalue weighted by Crippen LogP contribution is 2.31. The Hall–Kier alpha value is -3.71. The van der Waals surface area contributed by atoms with Crippen LogP contribution in [0.15, 0.2) is 72.8 Å². The number of halogens is 1. The molecule has 6 rings (SSSR count). The normalized spacial score (nSPS) is 20.9.